The molecule has 1 amide bonds. The highest BCUT2D eigenvalue weighted by atomic mass is 16.5. The monoisotopic (exact) mass is 261 g/mol. The minimum atomic E-state index is -0.0349. The molecule has 0 aliphatic carbocycles. The molecule has 3 heteroatoms. The molecule has 0 atom stereocenters. The van der Waals surface area contributed by atoms with E-state index in [4.69, 9.17) is 4.74 Å². The van der Waals surface area contributed by atoms with Crippen molar-refractivity contribution in [2.45, 2.75) is 32.6 Å². The second kappa shape index (κ2) is 9.20. The maximum atomic E-state index is 11.5. The normalized spacial score (nSPS) is 10.6. The maximum absolute atomic E-state index is 11.5. The van der Waals surface area contributed by atoms with E-state index in [0.717, 1.165) is 24.3 Å². The molecule has 0 bridgehead atoms. The number of unbranched alkanes of at least 4 members (excludes halogenated alkanes) is 3. The molecular formula is C16H23NO2. The summed E-state index contributed by atoms with van der Waals surface area (Å²) in [5, 5.41) is 2.88. The molecule has 0 saturated heterocycles. The van der Waals surface area contributed by atoms with Gasteiger partial charge in [0, 0.05) is 12.6 Å². The first-order valence-electron chi connectivity index (χ1n) is 6.86. The van der Waals surface area contributed by atoms with Crippen molar-refractivity contribution in [1.82, 2.24) is 5.32 Å². The molecule has 0 aliphatic heterocycles. The molecule has 1 rings (SSSR count). The Kier molecular flexibility index (Phi) is 7.40. The molecule has 0 heterocycles. The van der Waals surface area contributed by atoms with Crippen LogP contribution in [0.25, 0.3) is 6.08 Å². The van der Waals surface area contributed by atoms with Crippen LogP contribution >= 0.6 is 0 Å². The fourth-order valence-electron chi connectivity index (χ4n) is 1.71. The van der Waals surface area contributed by atoms with Gasteiger partial charge in [-0.25, -0.2) is 0 Å². The first kappa shape index (κ1) is 15.3. The smallest absolute Gasteiger partial charge is 0.243 e. The zero-order chi connectivity index (χ0) is 13.9. The van der Waals surface area contributed by atoms with Gasteiger partial charge < -0.3 is 10.1 Å². The molecule has 19 heavy (non-hydrogen) atoms. The Hall–Kier alpha value is -1.77. The largest absolute Gasteiger partial charge is 0.497 e. The Morgan fingerprint density at radius 1 is 1.21 bits per heavy atom. The van der Waals surface area contributed by atoms with Crippen LogP contribution in [0.1, 0.15) is 38.2 Å². The number of methoxy groups -OCH3 is 1. The van der Waals surface area contributed by atoms with E-state index in [1.807, 2.05) is 24.3 Å². The number of benzene rings is 1. The zero-order valence-corrected chi connectivity index (χ0v) is 11.8. The molecule has 0 unspecified atom stereocenters. The average molecular weight is 261 g/mol. The van der Waals surface area contributed by atoms with Gasteiger partial charge in [0.25, 0.3) is 0 Å². The van der Waals surface area contributed by atoms with Crippen molar-refractivity contribution < 1.29 is 9.53 Å². The summed E-state index contributed by atoms with van der Waals surface area (Å²) in [6.07, 6.45) is 8.06. The molecule has 0 aromatic heterocycles. The molecule has 0 radical (unpaired) electrons. The summed E-state index contributed by atoms with van der Waals surface area (Å²) in [6, 6.07) is 7.60. The summed E-state index contributed by atoms with van der Waals surface area (Å²) in [5.41, 5.74) is 0.988. The molecule has 3 nitrogen and oxygen atoms in total. The number of carbonyl (C=O) groups excluding carboxylic acids is 1. The van der Waals surface area contributed by atoms with Gasteiger partial charge in [-0.2, -0.15) is 0 Å². The van der Waals surface area contributed by atoms with Crippen LogP contribution < -0.4 is 10.1 Å². The van der Waals surface area contributed by atoms with Gasteiger partial charge in [0.1, 0.15) is 5.75 Å². The lowest BCUT2D eigenvalue weighted by atomic mass is 10.2. The highest BCUT2D eigenvalue weighted by Gasteiger charge is 1.95. The van der Waals surface area contributed by atoms with Crippen LogP contribution in [-0.2, 0) is 4.79 Å². The predicted octanol–water partition coefficient (Wildman–Crippen LogP) is 3.40. The fraction of sp³-hybridized carbons (Fsp3) is 0.438. The van der Waals surface area contributed by atoms with Crippen molar-refractivity contribution in [1.29, 1.82) is 0 Å². The molecule has 0 saturated carbocycles. The van der Waals surface area contributed by atoms with Gasteiger partial charge in [0.2, 0.25) is 5.91 Å². The minimum Gasteiger partial charge on any atom is -0.497 e. The van der Waals surface area contributed by atoms with E-state index in [9.17, 15) is 4.79 Å². The van der Waals surface area contributed by atoms with Crippen molar-refractivity contribution in [3.8, 4) is 5.75 Å². The number of carbonyl (C=O) groups is 1. The van der Waals surface area contributed by atoms with Gasteiger partial charge in [-0.05, 0) is 30.2 Å². The van der Waals surface area contributed by atoms with E-state index in [0.29, 0.717) is 0 Å². The van der Waals surface area contributed by atoms with Crippen molar-refractivity contribution in [2.75, 3.05) is 13.7 Å². The van der Waals surface area contributed by atoms with Crippen molar-refractivity contribution in [3.05, 3.63) is 35.9 Å². The first-order chi connectivity index (χ1) is 9.26. The quantitative estimate of drug-likeness (QED) is 0.575. The van der Waals surface area contributed by atoms with E-state index in [1.54, 1.807) is 19.3 Å². The SMILES string of the molecule is CCCCCCNC(=O)/C=C/c1ccc(OC)cc1. The Bertz CT molecular complexity index is 396. The van der Waals surface area contributed by atoms with Crippen LogP contribution in [0.15, 0.2) is 30.3 Å². The van der Waals surface area contributed by atoms with E-state index in [-0.39, 0.29) is 5.91 Å². The molecule has 0 aliphatic rings. The lowest BCUT2D eigenvalue weighted by molar-refractivity contribution is -0.116. The molecular weight excluding hydrogens is 238 g/mol. The van der Waals surface area contributed by atoms with Crippen LogP contribution in [0.4, 0.5) is 0 Å². The molecule has 1 N–H and O–H groups in total. The average Bonchev–Trinajstić information content (AvgIpc) is 2.45. The Labute approximate surface area is 115 Å². The number of hydrogen-bond acceptors (Lipinski definition) is 2. The molecule has 0 spiro atoms. The van der Waals surface area contributed by atoms with Crippen LogP contribution in [0.3, 0.4) is 0 Å². The van der Waals surface area contributed by atoms with Gasteiger partial charge in [-0.1, -0.05) is 38.3 Å². The predicted molar refractivity (Wildman–Crippen MR) is 79.2 cm³/mol. The summed E-state index contributed by atoms with van der Waals surface area (Å²) >= 11 is 0. The Balaban J connectivity index is 2.28. The zero-order valence-electron chi connectivity index (χ0n) is 11.8. The number of hydrogen-bond donors (Lipinski definition) is 1. The van der Waals surface area contributed by atoms with Gasteiger partial charge >= 0.3 is 0 Å². The highest BCUT2D eigenvalue weighted by Crippen LogP contribution is 2.12. The second-order valence-electron chi connectivity index (χ2n) is 4.46. The summed E-state index contributed by atoms with van der Waals surface area (Å²) < 4.78 is 5.08. The fourth-order valence-corrected chi connectivity index (χ4v) is 1.71. The van der Waals surface area contributed by atoms with Gasteiger partial charge in [0.05, 0.1) is 7.11 Å². The molecule has 1 aromatic rings. The third-order valence-electron chi connectivity index (χ3n) is 2.87. The van der Waals surface area contributed by atoms with E-state index in [2.05, 4.69) is 12.2 Å². The minimum absolute atomic E-state index is 0.0349. The molecule has 1 aromatic carbocycles. The van der Waals surface area contributed by atoms with Crippen LogP contribution in [0.5, 0.6) is 5.75 Å². The number of rotatable bonds is 8. The highest BCUT2D eigenvalue weighted by molar-refractivity contribution is 5.91. The van der Waals surface area contributed by atoms with Gasteiger partial charge in [0.15, 0.2) is 0 Å². The van der Waals surface area contributed by atoms with Gasteiger partial charge in [-0.15, -0.1) is 0 Å². The van der Waals surface area contributed by atoms with Crippen molar-refractivity contribution in [2.24, 2.45) is 0 Å². The summed E-state index contributed by atoms with van der Waals surface area (Å²) in [6.45, 7) is 2.93. The summed E-state index contributed by atoms with van der Waals surface area (Å²) in [4.78, 5) is 11.5. The number of ether oxygens (including phenoxy) is 1. The Morgan fingerprint density at radius 3 is 2.58 bits per heavy atom. The second-order valence-corrected chi connectivity index (χ2v) is 4.46. The lowest BCUT2D eigenvalue weighted by Crippen LogP contribution is -2.21. The molecule has 104 valence electrons. The maximum Gasteiger partial charge on any atom is 0.243 e. The summed E-state index contributed by atoms with van der Waals surface area (Å²) in [5.74, 6) is 0.782. The van der Waals surface area contributed by atoms with Crippen molar-refractivity contribution >= 4 is 12.0 Å². The van der Waals surface area contributed by atoms with Crippen LogP contribution in [-0.4, -0.2) is 19.6 Å². The van der Waals surface area contributed by atoms with E-state index >= 15 is 0 Å². The van der Waals surface area contributed by atoms with E-state index < -0.39 is 0 Å². The standard InChI is InChI=1S/C16H23NO2/c1-3-4-5-6-13-17-16(18)12-9-14-7-10-15(19-2)11-8-14/h7-12H,3-6,13H2,1-2H3,(H,17,18)/b12-9+. The topological polar surface area (TPSA) is 38.3 Å². The third-order valence-corrected chi connectivity index (χ3v) is 2.87. The Morgan fingerprint density at radius 2 is 1.95 bits per heavy atom. The number of nitrogens with one attached hydrogen (secondary N) is 1. The first-order valence-corrected chi connectivity index (χ1v) is 6.86. The van der Waals surface area contributed by atoms with Gasteiger partial charge in [-0.3, -0.25) is 4.79 Å². The number of amides is 1. The van der Waals surface area contributed by atoms with Crippen LogP contribution in [0.2, 0.25) is 0 Å². The van der Waals surface area contributed by atoms with E-state index in [1.165, 1.54) is 19.3 Å². The lowest BCUT2D eigenvalue weighted by Gasteiger charge is -2.01. The van der Waals surface area contributed by atoms with Crippen molar-refractivity contribution in [3.63, 3.8) is 0 Å². The molecule has 0 fully saturated rings. The summed E-state index contributed by atoms with van der Waals surface area (Å²) in [7, 11) is 1.64. The van der Waals surface area contributed by atoms with Crippen LogP contribution in [0, 0.1) is 0 Å². The third kappa shape index (κ3) is 6.65.